The molecule has 0 bridgehead atoms. The molecule has 0 atom stereocenters. The molecule has 0 amide bonds. The van der Waals surface area contributed by atoms with E-state index in [1.807, 2.05) is 6.92 Å². The number of nitrogens with zero attached hydrogens (tertiary/aromatic N) is 2. The SMILES string of the molecule is CCNc1ncc(F)c(NC2CCOCC2)n1. The van der Waals surface area contributed by atoms with Gasteiger partial charge in [0.1, 0.15) is 0 Å². The monoisotopic (exact) mass is 240 g/mol. The minimum Gasteiger partial charge on any atom is -0.381 e. The van der Waals surface area contributed by atoms with Gasteiger partial charge in [-0.15, -0.1) is 0 Å². The van der Waals surface area contributed by atoms with Crippen molar-refractivity contribution in [3.8, 4) is 0 Å². The maximum atomic E-state index is 13.5. The molecule has 0 saturated carbocycles. The Kier molecular flexibility index (Phi) is 4.08. The number of hydrogen-bond acceptors (Lipinski definition) is 5. The molecule has 0 unspecified atom stereocenters. The zero-order valence-electron chi connectivity index (χ0n) is 9.87. The van der Waals surface area contributed by atoms with Crippen LogP contribution in [0.5, 0.6) is 0 Å². The van der Waals surface area contributed by atoms with Crippen LogP contribution < -0.4 is 10.6 Å². The van der Waals surface area contributed by atoms with E-state index in [0.717, 1.165) is 12.8 Å². The fraction of sp³-hybridized carbons (Fsp3) is 0.636. The average Bonchev–Trinajstić information content (AvgIpc) is 2.35. The summed E-state index contributed by atoms with van der Waals surface area (Å²) in [4.78, 5) is 7.97. The molecule has 94 valence electrons. The van der Waals surface area contributed by atoms with Gasteiger partial charge in [0.25, 0.3) is 0 Å². The molecule has 0 radical (unpaired) electrons. The zero-order chi connectivity index (χ0) is 12.1. The van der Waals surface area contributed by atoms with Gasteiger partial charge in [-0.05, 0) is 19.8 Å². The van der Waals surface area contributed by atoms with Crippen molar-refractivity contribution >= 4 is 11.8 Å². The summed E-state index contributed by atoms with van der Waals surface area (Å²) in [5.74, 6) is 0.296. The standard InChI is InChI=1S/C11H17FN4O/c1-2-13-11-14-7-9(12)10(16-11)15-8-3-5-17-6-4-8/h7-8H,2-6H2,1H3,(H2,13,14,15,16). The topological polar surface area (TPSA) is 59.1 Å². The number of rotatable bonds is 4. The van der Waals surface area contributed by atoms with Crippen LogP contribution in [-0.2, 0) is 4.74 Å². The molecule has 1 fully saturated rings. The van der Waals surface area contributed by atoms with E-state index < -0.39 is 5.82 Å². The van der Waals surface area contributed by atoms with Gasteiger partial charge in [-0.1, -0.05) is 0 Å². The minimum absolute atomic E-state index is 0.225. The second kappa shape index (κ2) is 5.77. The van der Waals surface area contributed by atoms with Crippen molar-refractivity contribution in [2.45, 2.75) is 25.8 Å². The van der Waals surface area contributed by atoms with Crippen LogP contribution >= 0.6 is 0 Å². The van der Waals surface area contributed by atoms with Crippen LogP contribution in [0.15, 0.2) is 6.20 Å². The van der Waals surface area contributed by atoms with Crippen LogP contribution in [0.2, 0.25) is 0 Å². The van der Waals surface area contributed by atoms with E-state index in [1.54, 1.807) is 0 Å². The van der Waals surface area contributed by atoms with Gasteiger partial charge < -0.3 is 15.4 Å². The minimum atomic E-state index is -0.418. The summed E-state index contributed by atoms with van der Waals surface area (Å²) in [7, 11) is 0. The quantitative estimate of drug-likeness (QED) is 0.837. The molecule has 1 aromatic heterocycles. The van der Waals surface area contributed by atoms with Crippen molar-refractivity contribution in [2.24, 2.45) is 0 Å². The number of halogens is 1. The number of hydrogen-bond donors (Lipinski definition) is 2. The van der Waals surface area contributed by atoms with Gasteiger partial charge in [0.15, 0.2) is 11.6 Å². The lowest BCUT2D eigenvalue weighted by atomic mass is 10.1. The van der Waals surface area contributed by atoms with Crippen molar-refractivity contribution in [3.05, 3.63) is 12.0 Å². The second-order valence-corrected chi connectivity index (χ2v) is 3.95. The molecule has 1 aliphatic heterocycles. The van der Waals surface area contributed by atoms with Crippen LogP contribution in [0, 0.1) is 5.82 Å². The molecule has 2 N–H and O–H groups in total. The van der Waals surface area contributed by atoms with Crippen molar-refractivity contribution in [3.63, 3.8) is 0 Å². The lowest BCUT2D eigenvalue weighted by Gasteiger charge is -2.23. The van der Waals surface area contributed by atoms with Crippen LogP contribution in [0.25, 0.3) is 0 Å². The highest BCUT2D eigenvalue weighted by Crippen LogP contribution is 2.17. The highest BCUT2D eigenvalue weighted by Gasteiger charge is 2.16. The molecule has 0 aliphatic carbocycles. The number of ether oxygens (including phenoxy) is 1. The van der Waals surface area contributed by atoms with Gasteiger partial charge >= 0.3 is 0 Å². The summed E-state index contributed by atoms with van der Waals surface area (Å²) in [5, 5.41) is 6.06. The first-order valence-electron chi connectivity index (χ1n) is 5.90. The third-order valence-electron chi connectivity index (χ3n) is 2.64. The number of aromatic nitrogens is 2. The van der Waals surface area contributed by atoms with Gasteiger partial charge in [0, 0.05) is 25.8 Å². The molecule has 6 heteroatoms. The molecule has 5 nitrogen and oxygen atoms in total. The van der Waals surface area contributed by atoms with Gasteiger partial charge in [-0.3, -0.25) is 0 Å². The fourth-order valence-corrected chi connectivity index (χ4v) is 1.75. The third kappa shape index (κ3) is 3.26. The van der Waals surface area contributed by atoms with Crippen LogP contribution in [-0.4, -0.2) is 35.8 Å². The lowest BCUT2D eigenvalue weighted by molar-refractivity contribution is 0.0903. The van der Waals surface area contributed by atoms with E-state index >= 15 is 0 Å². The summed E-state index contributed by atoms with van der Waals surface area (Å²) in [5.41, 5.74) is 0. The summed E-state index contributed by atoms with van der Waals surface area (Å²) in [6.45, 7) is 4.08. The van der Waals surface area contributed by atoms with E-state index in [-0.39, 0.29) is 11.9 Å². The molecule has 1 aromatic rings. The summed E-state index contributed by atoms with van der Waals surface area (Å²) >= 11 is 0. The van der Waals surface area contributed by atoms with Crippen molar-refractivity contribution in [1.82, 2.24) is 9.97 Å². The van der Waals surface area contributed by atoms with E-state index in [0.29, 0.717) is 25.7 Å². The largest absolute Gasteiger partial charge is 0.381 e. The van der Waals surface area contributed by atoms with E-state index in [4.69, 9.17) is 4.74 Å². The van der Waals surface area contributed by atoms with Crippen LogP contribution in [0.1, 0.15) is 19.8 Å². The zero-order valence-corrected chi connectivity index (χ0v) is 9.87. The first-order valence-corrected chi connectivity index (χ1v) is 5.90. The summed E-state index contributed by atoms with van der Waals surface area (Å²) < 4.78 is 18.8. The Labute approximate surface area is 99.8 Å². The molecule has 1 aliphatic rings. The third-order valence-corrected chi connectivity index (χ3v) is 2.64. The Bertz CT molecular complexity index is 368. The van der Waals surface area contributed by atoms with Crippen LogP contribution in [0.4, 0.5) is 16.2 Å². The predicted molar refractivity (Wildman–Crippen MR) is 63.6 cm³/mol. The van der Waals surface area contributed by atoms with Gasteiger partial charge in [0.05, 0.1) is 6.20 Å². The molecule has 0 spiro atoms. The first-order chi connectivity index (χ1) is 8.29. The Hall–Kier alpha value is -1.43. The Morgan fingerprint density at radius 3 is 2.94 bits per heavy atom. The molecule has 2 heterocycles. The van der Waals surface area contributed by atoms with Gasteiger partial charge in [-0.2, -0.15) is 4.98 Å². The molecule has 1 saturated heterocycles. The molecule has 2 rings (SSSR count). The second-order valence-electron chi connectivity index (χ2n) is 3.95. The Balaban J connectivity index is 2.04. The number of anilines is 2. The van der Waals surface area contributed by atoms with Crippen molar-refractivity contribution in [1.29, 1.82) is 0 Å². The summed E-state index contributed by atoms with van der Waals surface area (Å²) in [6.07, 6.45) is 2.94. The van der Waals surface area contributed by atoms with E-state index in [1.165, 1.54) is 6.20 Å². The van der Waals surface area contributed by atoms with Gasteiger partial charge in [0.2, 0.25) is 5.95 Å². The smallest absolute Gasteiger partial charge is 0.224 e. The lowest BCUT2D eigenvalue weighted by Crippen LogP contribution is -2.28. The molecular weight excluding hydrogens is 223 g/mol. The Morgan fingerprint density at radius 2 is 2.24 bits per heavy atom. The molecule has 0 aromatic carbocycles. The highest BCUT2D eigenvalue weighted by molar-refractivity contribution is 5.41. The fourth-order valence-electron chi connectivity index (χ4n) is 1.75. The van der Waals surface area contributed by atoms with Crippen LogP contribution in [0.3, 0.4) is 0 Å². The van der Waals surface area contributed by atoms with Crippen molar-refractivity contribution in [2.75, 3.05) is 30.4 Å². The highest BCUT2D eigenvalue weighted by atomic mass is 19.1. The predicted octanol–water partition coefficient (Wildman–Crippen LogP) is 1.64. The molecule has 17 heavy (non-hydrogen) atoms. The van der Waals surface area contributed by atoms with E-state index in [9.17, 15) is 4.39 Å². The first kappa shape index (κ1) is 12.0. The summed E-state index contributed by atoms with van der Waals surface area (Å²) in [6, 6.07) is 0.225. The number of nitrogens with one attached hydrogen (secondary N) is 2. The molecular formula is C11H17FN4O. The van der Waals surface area contributed by atoms with Crippen molar-refractivity contribution < 1.29 is 9.13 Å². The van der Waals surface area contributed by atoms with Gasteiger partial charge in [-0.25, -0.2) is 9.37 Å². The Morgan fingerprint density at radius 1 is 1.47 bits per heavy atom. The maximum absolute atomic E-state index is 13.5. The maximum Gasteiger partial charge on any atom is 0.224 e. The average molecular weight is 240 g/mol. The van der Waals surface area contributed by atoms with E-state index in [2.05, 4.69) is 20.6 Å². The normalized spacial score (nSPS) is 16.8.